The maximum absolute atomic E-state index is 5.72. The van der Waals surface area contributed by atoms with Crippen molar-refractivity contribution in [2.24, 2.45) is 0 Å². The number of pyridine rings is 1. The first kappa shape index (κ1) is 34.7. The molecule has 10 aromatic rings. The minimum Gasteiger partial charge on any atom is -0.306 e. The number of hydrogen-bond acceptors (Lipinski definition) is 2. The molecule has 2 heterocycles. The first-order valence-electron chi connectivity index (χ1n) is 20.4. The fraction of sp³-hybridized carbons (Fsp3) is 0.0536. The lowest BCUT2D eigenvalue weighted by Crippen LogP contribution is -2.17. The molecule has 0 fully saturated rings. The van der Waals surface area contributed by atoms with Gasteiger partial charge in [-0.2, -0.15) is 5.10 Å². The van der Waals surface area contributed by atoms with Gasteiger partial charge in [0.25, 0.3) is 0 Å². The summed E-state index contributed by atoms with van der Waals surface area (Å²) in [5.74, 6) is 0. The van der Waals surface area contributed by atoms with E-state index in [1.165, 1.54) is 22.3 Å². The van der Waals surface area contributed by atoms with E-state index in [1.54, 1.807) is 0 Å². The highest BCUT2D eigenvalue weighted by atomic mass is 15.3. The lowest BCUT2D eigenvalue weighted by Gasteiger charge is -2.33. The first-order chi connectivity index (χ1) is 29.1. The van der Waals surface area contributed by atoms with E-state index in [-0.39, 0.29) is 5.41 Å². The highest BCUT2D eigenvalue weighted by Crippen LogP contribution is 2.57. The van der Waals surface area contributed by atoms with Crippen LogP contribution in [0.3, 0.4) is 0 Å². The summed E-state index contributed by atoms with van der Waals surface area (Å²) >= 11 is 0. The predicted octanol–water partition coefficient (Wildman–Crippen LogP) is 14.9. The zero-order chi connectivity index (χ0) is 39.5. The van der Waals surface area contributed by atoms with E-state index in [2.05, 4.69) is 236 Å². The van der Waals surface area contributed by atoms with Gasteiger partial charge in [0.15, 0.2) is 0 Å². The smallest absolute Gasteiger partial charge is 0.101 e. The zero-order valence-electron chi connectivity index (χ0n) is 33.0. The molecular formula is C56H41N3. The van der Waals surface area contributed by atoms with Gasteiger partial charge >= 0.3 is 0 Å². The SMILES string of the molecule is CC1(C)c2ccccc2-c2c(N(c3ccccc3-c3ccccc3)c3c(-c4ccccc4)n4nc(-c5ccccc5)c(-c5ccccc5)c4c4ccccc34)cccc21. The van der Waals surface area contributed by atoms with Crippen molar-refractivity contribution in [1.82, 2.24) is 9.61 Å². The maximum atomic E-state index is 5.72. The highest BCUT2D eigenvalue weighted by molar-refractivity contribution is 6.17. The van der Waals surface area contributed by atoms with Gasteiger partial charge in [-0.1, -0.05) is 214 Å². The van der Waals surface area contributed by atoms with Crippen LogP contribution in [0.2, 0.25) is 0 Å². The number of aromatic nitrogens is 2. The summed E-state index contributed by atoms with van der Waals surface area (Å²) in [5.41, 5.74) is 18.0. The van der Waals surface area contributed by atoms with Crippen molar-refractivity contribution in [3.8, 4) is 55.9 Å². The highest BCUT2D eigenvalue weighted by Gasteiger charge is 2.39. The quantitative estimate of drug-likeness (QED) is 0.161. The van der Waals surface area contributed by atoms with Gasteiger partial charge in [-0.05, 0) is 39.9 Å². The Balaban J connectivity index is 1.36. The zero-order valence-corrected chi connectivity index (χ0v) is 33.0. The molecule has 0 bridgehead atoms. The molecule has 0 spiro atoms. The van der Waals surface area contributed by atoms with Crippen LogP contribution in [-0.4, -0.2) is 9.61 Å². The molecule has 0 radical (unpaired) electrons. The Morgan fingerprint density at radius 1 is 0.407 bits per heavy atom. The van der Waals surface area contributed by atoms with E-state index >= 15 is 0 Å². The predicted molar refractivity (Wildman–Crippen MR) is 247 cm³/mol. The summed E-state index contributed by atoms with van der Waals surface area (Å²) in [4.78, 5) is 2.55. The second-order valence-corrected chi connectivity index (χ2v) is 15.9. The molecular weight excluding hydrogens is 715 g/mol. The van der Waals surface area contributed by atoms with Crippen LogP contribution >= 0.6 is 0 Å². The second kappa shape index (κ2) is 13.9. The third-order valence-electron chi connectivity index (χ3n) is 12.2. The Labute approximate surface area is 345 Å². The summed E-state index contributed by atoms with van der Waals surface area (Å²) in [5, 5.41) is 7.99. The summed E-state index contributed by atoms with van der Waals surface area (Å²) in [6.45, 7) is 4.72. The van der Waals surface area contributed by atoms with Crippen molar-refractivity contribution in [3.05, 3.63) is 223 Å². The standard InChI is InChI=1S/C56H41N3/c1-56(2)46-34-19-17-33-45(46)51-47(56)35-21-37-49(51)58(48-36-20-18-30-42(48)38-22-7-3-8-23-38)55-44-32-16-15-31-43(44)54-50(39-24-9-4-10-25-39)52(40-26-11-5-12-27-40)57-59(54)53(55)41-28-13-6-14-29-41/h3-37H,1-2H3. The minimum atomic E-state index is -0.183. The first-order valence-corrected chi connectivity index (χ1v) is 20.4. The van der Waals surface area contributed by atoms with Crippen LogP contribution in [0.15, 0.2) is 212 Å². The minimum absolute atomic E-state index is 0.183. The summed E-state index contributed by atoms with van der Waals surface area (Å²) in [6.07, 6.45) is 0. The van der Waals surface area contributed by atoms with Crippen LogP contribution in [-0.2, 0) is 5.41 Å². The van der Waals surface area contributed by atoms with Gasteiger partial charge in [0.05, 0.1) is 28.3 Å². The van der Waals surface area contributed by atoms with Crippen molar-refractivity contribution in [2.75, 3.05) is 4.90 Å². The van der Waals surface area contributed by atoms with Crippen LogP contribution in [0.5, 0.6) is 0 Å². The van der Waals surface area contributed by atoms with Gasteiger partial charge in [-0.3, -0.25) is 0 Å². The molecule has 280 valence electrons. The van der Waals surface area contributed by atoms with Crippen LogP contribution < -0.4 is 4.90 Å². The Morgan fingerprint density at radius 2 is 0.915 bits per heavy atom. The number of anilines is 3. The van der Waals surface area contributed by atoms with Crippen molar-refractivity contribution in [3.63, 3.8) is 0 Å². The molecule has 0 saturated carbocycles. The van der Waals surface area contributed by atoms with Gasteiger partial charge in [0.2, 0.25) is 0 Å². The van der Waals surface area contributed by atoms with Gasteiger partial charge in [0.1, 0.15) is 5.69 Å². The van der Waals surface area contributed by atoms with Crippen molar-refractivity contribution < 1.29 is 0 Å². The fourth-order valence-corrected chi connectivity index (χ4v) is 9.53. The molecule has 0 N–H and O–H groups in total. The van der Waals surface area contributed by atoms with Gasteiger partial charge in [-0.25, -0.2) is 4.52 Å². The number of hydrogen-bond donors (Lipinski definition) is 0. The van der Waals surface area contributed by atoms with Crippen molar-refractivity contribution >= 4 is 33.4 Å². The molecule has 1 aliphatic rings. The number of fused-ring (bicyclic) bond motifs is 6. The normalized spacial score (nSPS) is 12.7. The largest absolute Gasteiger partial charge is 0.306 e. The fourth-order valence-electron chi connectivity index (χ4n) is 9.53. The average molecular weight is 756 g/mol. The second-order valence-electron chi connectivity index (χ2n) is 15.9. The molecule has 3 heteroatoms. The summed E-state index contributed by atoms with van der Waals surface area (Å²) in [7, 11) is 0. The maximum Gasteiger partial charge on any atom is 0.101 e. The summed E-state index contributed by atoms with van der Waals surface area (Å²) in [6, 6.07) is 76.7. The van der Waals surface area contributed by atoms with Crippen LogP contribution in [0.25, 0.3) is 72.2 Å². The lowest BCUT2D eigenvalue weighted by atomic mass is 9.82. The molecule has 3 nitrogen and oxygen atoms in total. The molecule has 0 amide bonds. The Hall–Kier alpha value is -7.49. The molecule has 2 aromatic heterocycles. The molecule has 0 unspecified atom stereocenters. The van der Waals surface area contributed by atoms with E-state index in [1.807, 2.05) is 0 Å². The van der Waals surface area contributed by atoms with E-state index in [0.717, 1.165) is 78.1 Å². The van der Waals surface area contributed by atoms with Crippen molar-refractivity contribution in [2.45, 2.75) is 19.3 Å². The Kier molecular flexibility index (Phi) is 8.16. The summed E-state index contributed by atoms with van der Waals surface area (Å²) < 4.78 is 2.25. The average Bonchev–Trinajstić information content (AvgIpc) is 3.81. The third-order valence-corrected chi connectivity index (χ3v) is 12.2. The van der Waals surface area contributed by atoms with Crippen molar-refractivity contribution in [1.29, 1.82) is 0 Å². The van der Waals surface area contributed by atoms with Crippen LogP contribution in [0.1, 0.15) is 25.0 Å². The molecule has 1 aliphatic carbocycles. The Morgan fingerprint density at radius 3 is 1.61 bits per heavy atom. The number of benzene rings is 8. The van der Waals surface area contributed by atoms with E-state index in [0.29, 0.717) is 0 Å². The number of nitrogens with zero attached hydrogens (tertiary/aromatic N) is 3. The number of rotatable bonds is 7. The van der Waals surface area contributed by atoms with E-state index < -0.39 is 0 Å². The van der Waals surface area contributed by atoms with Gasteiger partial charge in [0, 0.05) is 44.0 Å². The third kappa shape index (κ3) is 5.46. The van der Waals surface area contributed by atoms with E-state index in [4.69, 9.17) is 5.10 Å². The molecule has 0 aliphatic heterocycles. The molecule has 11 rings (SSSR count). The van der Waals surface area contributed by atoms with Gasteiger partial charge < -0.3 is 4.90 Å². The Bertz CT molecular complexity index is 3170. The van der Waals surface area contributed by atoms with Crippen LogP contribution in [0.4, 0.5) is 17.1 Å². The number of para-hydroxylation sites is 1. The van der Waals surface area contributed by atoms with Crippen LogP contribution in [0, 0.1) is 0 Å². The van der Waals surface area contributed by atoms with E-state index in [9.17, 15) is 0 Å². The van der Waals surface area contributed by atoms with Gasteiger partial charge in [-0.15, -0.1) is 0 Å². The molecule has 0 atom stereocenters. The monoisotopic (exact) mass is 755 g/mol. The lowest BCUT2D eigenvalue weighted by molar-refractivity contribution is 0.660. The molecule has 0 saturated heterocycles. The topological polar surface area (TPSA) is 20.5 Å². The molecule has 59 heavy (non-hydrogen) atoms. The molecule has 8 aromatic carbocycles.